The highest BCUT2D eigenvalue weighted by atomic mass is 35.5. The van der Waals surface area contributed by atoms with Crippen LogP contribution >= 0.6 is 11.6 Å². The average Bonchev–Trinajstić information content (AvgIpc) is 3.15. The second-order valence-corrected chi connectivity index (χ2v) is 10.1. The number of hydrogen-bond acceptors (Lipinski definition) is 6. The van der Waals surface area contributed by atoms with Crippen LogP contribution in [0.4, 0.5) is 17.3 Å². The van der Waals surface area contributed by atoms with Crippen molar-refractivity contribution in [3.05, 3.63) is 40.9 Å². The van der Waals surface area contributed by atoms with Crippen LogP contribution < -0.4 is 14.7 Å². The molecule has 2 aromatic rings. The molecule has 1 aromatic heterocycles. The number of piperidine rings is 2. The SMILES string of the molecule is C[C@H]1CC2(CCN(c3ccc(N4CCCCC4)nn3)CC2)CN1c1ccc(C#N)c(Cl)c1. The number of rotatable bonds is 3. The van der Waals surface area contributed by atoms with E-state index in [1.54, 1.807) is 0 Å². The van der Waals surface area contributed by atoms with Crippen LogP contribution in [0.2, 0.25) is 5.02 Å². The van der Waals surface area contributed by atoms with Gasteiger partial charge in [-0.2, -0.15) is 5.26 Å². The zero-order valence-corrected chi connectivity index (χ0v) is 19.6. The second-order valence-electron chi connectivity index (χ2n) is 9.74. The first-order chi connectivity index (χ1) is 15.6. The van der Waals surface area contributed by atoms with Gasteiger partial charge in [0.1, 0.15) is 6.07 Å². The summed E-state index contributed by atoms with van der Waals surface area (Å²) >= 11 is 6.31. The molecule has 0 bridgehead atoms. The number of halogens is 1. The van der Waals surface area contributed by atoms with Crippen LogP contribution in [0.3, 0.4) is 0 Å². The van der Waals surface area contributed by atoms with Crippen LogP contribution in [-0.4, -0.2) is 49.0 Å². The maximum atomic E-state index is 9.16. The van der Waals surface area contributed by atoms with Gasteiger partial charge >= 0.3 is 0 Å². The first-order valence-corrected chi connectivity index (χ1v) is 12.2. The van der Waals surface area contributed by atoms with E-state index in [1.807, 2.05) is 18.2 Å². The van der Waals surface area contributed by atoms with Gasteiger partial charge in [0.05, 0.1) is 10.6 Å². The van der Waals surface area contributed by atoms with Crippen molar-refractivity contribution in [2.24, 2.45) is 5.41 Å². The summed E-state index contributed by atoms with van der Waals surface area (Å²) < 4.78 is 0. The lowest BCUT2D eigenvalue weighted by Crippen LogP contribution is -2.42. The van der Waals surface area contributed by atoms with Gasteiger partial charge in [0.2, 0.25) is 0 Å². The zero-order valence-electron chi connectivity index (χ0n) is 18.8. The molecular weight excluding hydrogens is 420 g/mol. The second kappa shape index (κ2) is 8.78. The van der Waals surface area contributed by atoms with Crippen LogP contribution in [-0.2, 0) is 0 Å². The largest absolute Gasteiger partial charge is 0.368 e. The third-order valence-corrected chi connectivity index (χ3v) is 7.95. The molecule has 3 aliphatic rings. The standard InChI is InChI=1S/C25H31ClN6/c1-19-16-25(18-32(19)21-6-5-20(17-27)22(26)15-21)9-13-31(14-10-25)24-8-7-23(28-29-24)30-11-3-2-4-12-30/h5-8,15,19H,2-4,9-14,16,18H2,1H3/t19-/m0/s1. The van der Waals surface area contributed by atoms with Crippen molar-refractivity contribution in [2.45, 2.75) is 51.5 Å². The Morgan fingerprint density at radius 1 is 0.969 bits per heavy atom. The zero-order chi connectivity index (χ0) is 22.1. The van der Waals surface area contributed by atoms with E-state index in [-0.39, 0.29) is 0 Å². The molecule has 1 spiro atoms. The van der Waals surface area contributed by atoms with Crippen LogP contribution in [0, 0.1) is 16.7 Å². The summed E-state index contributed by atoms with van der Waals surface area (Å²) in [6.07, 6.45) is 7.34. The van der Waals surface area contributed by atoms with Gasteiger partial charge in [-0.1, -0.05) is 11.6 Å². The Kier molecular flexibility index (Phi) is 5.86. The van der Waals surface area contributed by atoms with E-state index in [1.165, 1.54) is 25.7 Å². The van der Waals surface area contributed by atoms with E-state index in [0.717, 1.165) is 62.9 Å². The predicted octanol–water partition coefficient (Wildman–Crippen LogP) is 4.88. The monoisotopic (exact) mass is 450 g/mol. The topological polar surface area (TPSA) is 59.3 Å². The van der Waals surface area contributed by atoms with Crippen molar-refractivity contribution in [1.82, 2.24) is 10.2 Å². The van der Waals surface area contributed by atoms with Crippen LogP contribution in [0.1, 0.15) is 51.0 Å². The fraction of sp³-hybridized carbons (Fsp3) is 0.560. The molecule has 168 valence electrons. The molecule has 32 heavy (non-hydrogen) atoms. The molecule has 4 heterocycles. The predicted molar refractivity (Wildman–Crippen MR) is 130 cm³/mol. The van der Waals surface area contributed by atoms with E-state index >= 15 is 0 Å². The first kappa shape index (κ1) is 21.3. The van der Waals surface area contributed by atoms with Crippen molar-refractivity contribution in [2.75, 3.05) is 47.4 Å². The molecule has 1 atom stereocenters. The lowest BCUT2D eigenvalue weighted by Gasteiger charge is -2.39. The Balaban J connectivity index is 1.22. The Morgan fingerprint density at radius 2 is 1.62 bits per heavy atom. The fourth-order valence-corrected chi connectivity index (χ4v) is 6.01. The summed E-state index contributed by atoms with van der Waals surface area (Å²) in [7, 11) is 0. The molecular formula is C25H31ClN6. The Morgan fingerprint density at radius 3 is 2.22 bits per heavy atom. The molecule has 0 amide bonds. The molecule has 0 N–H and O–H groups in total. The van der Waals surface area contributed by atoms with Gasteiger partial charge in [0, 0.05) is 44.5 Å². The maximum absolute atomic E-state index is 9.16. The Bertz CT molecular complexity index is 986. The molecule has 1 aromatic carbocycles. The smallest absolute Gasteiger partial charge is 0.151 e. The summed E-state index contributed by atoms with van der Waals surface area (Å²) in [6, 6.07) is 12.7. The van der Waals surface area contributed by atoms with Crippen molar-refractivity contribution < 1.29 is 0 Å². The Labute approximate surface area is 195 Å². The van der Waals surface area contributed by atoms with E-state index in [9.17, 15) is 0 Å². The maximum Gasteiger partial charge on any atom is 0.151 e. The third kappa shape index (κ3) is 4.11. The average molecular weight is 451 g/mol. The number of nitriles is 1. The fourth-order valence-electron chi connectivity index (χ4n) is 5.79. The highest BCUT2D eigenvalue weighted by Crippen LogP contribution is 2.45. The number of hydrogen-bond donors (Lipinski definition) is 0. The summed E-state index contributed by atoms with van der Waals surface area (Å²) in [5.41, 5.74) is 2.00. The summed E-state index contributed by atoms with van der Waals surface area (Å²) in [5.74, 6) is 2.02. The van der Waals surface area contributed by atoms with Gasteiger partial charge in [0.25, 0.3) is 0 Å². The van der Waals surface area contributed by atoms with Crippen molar-refractivity contribution in [3.8, 4) is 6.07 Å². The lowest BCUT2D eigenvalue weighted by molar-refractivity contribution is 0.244. The number of benzene rings is 1. The van der Waals surface area contributed by atoms with Crippen LogP contribution in [0.25, 0.3) is 0 Å². The normalized spacial score (nSPS) is 22.9. The van der Waals surface area contributed by atoms with Crippen LogP contribution in [0.15, 0.2) is 30.3 Å². The molecule has 3 saturated heterocycles. The van der Waals surface area contributed by atoms with Crippen LogP contribution in [0.5, 0.6) is 0 Å². The third-order valence-electron chi connectivity index (χ3n) is 7.64. The van der Waals surface area contributed by atoms with Gasteiger partial charge in [-0.15, -0.1) is 10.2 Å². The van der Waals surface area contributed by atoms with Gasteiger partial charge in [-0.3, -0.25) is 0 Å². The van der Waals surface area contributed by atoms with E-state index in [4.69, 9.17) is 16.9 Å². The van der Waals surface area contributed by atoms with E-state index in [2.05, 4.69) is 50.0 Å². The minimum atomic E-state index is 0.331. The lowest BCUT2D eigenvalue weighted by atomic mass is 9.77. The Hall–Kier alpha value is -2.52. The van der Waals surface area contributed by atoms with E-state index < -0.39 is 0 Å². The van der Waals surface area contributed by atoms with Gasteiger partial charge < -0.3 is 14.7 Å². The summed E-state index contributed by atoms with van der Waals surface area (Å²) in [6.45, 7) is 7.58. The number of anilines is 3. The van der Waals surface area contributed by atoms with Crippen molar-refractivity contribution in [1.29, 1.82) is 5.26 Å². The van der Waals surface area contributed by atoms with Crippen molar-refractivity contribution in [3.63, 3.8) is 0 Å². The minimum absolute atomic E-state index is 0.331. The molecule has 0 aliphatic carbocycles. The molecule has 5 rings (SSSR count). The van der Waals surface area contributed by atoms with Gasteiger partial charge in [-0.25, -0.2) is 0 Å². The molecule has 3 aliphatic heterocycles. The summed E-state index contributed by atoms with van der Waals surface area (Å²) in [5, 5.41) is 18.8. The van der Waals surface area contributed by atoms with Gasteiger partial charge in [0.15, 0.2) is 11.6 Å². The minimum Gasteiger partial charge on any atom is -0.368 e. The summed E-state index contributed by atoms with van der Waals surface area (Å²) in [4.78, 5) is 7.22. The molecule has 0 unspecified atom stereocenters. The number of nitrogens with zero attached hydrogens (tertiary/aromatic N) is 6. The molecule has 7 heteroatoms. The highest BCUT2D eigenvalue weighted by molar-refractivity contribution is 6.32. The molecule has 0 saturated carbocycles. The highest BCUT2D eigenvalue weighted by Gasteiger charge is 2.44. The molecule has 3 fully saturated rings. The first-order valence-electron chi connectivity index (χ1n) is 11.9. The molecule has 0 radical (unpaired) electrons. The van der Waals surface area contributed by atoms with E-state index in [0.29, 0.717) is 22.0 Å². The van der Waals surface area contributed by atoms with Gasteiger partial charge in [-0.05, 0) is 81.2 Å². The quantitative estimate of drug-likeness (QED) is 0.664. The van der Waals surface area contributed by atoms with Crippen molar-refractivity contribution >= 4 is 28.9 Å². The number of aromatic nitrogens is 2. The molecule has 6 nitrogen and oxygen atoms in total.